The summed E-state index contributed by atoms with van der Waals surface area (Å²) in [5, 5.41) is 12.5. The summed E-state index contributed by atoms with van der Waals surface area (Å²) in [6.07, 6.45) is 3.05. The number of aromatic nitrogens is 1. The fraction of sp³-hybridized carbons (Fsp3) is 0.381. The number of hydrogen-bond donors (Lipinski definition) is 2. The van der Waals surface area contributed by atoms with Crippen LogP contribution in [0.2, 0.25) is 5.02 Å². The molecule has 32 heavy (non-hydrogen) atoms. The highest BCUT2D eigenvalue weighted by Gasteiger charge is 2.47. The van der Waals surface area contributed by atoms with Gasteiger partial charge in [0.2, 0.25) is 5.43 Å². The van der Waals surface area contributed by atoms with E-state index in [0.29, 0.717) is 6.07 Å². The van der Waals surface area contributed by atoms with Crippen molar-refractivity contribution in [3.63, 3.8) is 0 Å². The third kappa shape index (κ3) is 3.25. The molecule has 2 bridgehead atoms. The highest BCUT2D eigenvalue weighted by Crippen LogP contribution is 2.38. The maximum Gasteiger partial charge on any atom is 0.276 e. The summed E-state index contributed by atoms with van der Waals surface area (Å²) in [6.45, 7) is -0.210. The van der Waals surface area contributed by atoms with Gasteiger partial charge in [0.15, 0.2) is 17.7 Å². The number of amides is 2. The molecule has 0 spiro atoms. The smallest absolute Gasteiger partial charge is 0.276 e. The standard InChI is InChI=1S/C21H18ClF2N3O5/c22-13-3-9(14(23)5-15(13)24)6-25-20(30)12-7-26-8-16-27(10-1-2-11(4-10)32-16)21(31)17(26)19(29)18(12)28/h3,5,7,10-11,16,29H,1-2,4,6,8H2,(H,25,30)/t10?,11-,16+/m0/s1. The predicted octanol–water partition coefficient (Wildman–Crippen LogP) is 2.15. The van der Waals surface area contributed by atoms with Gasteiger partial charge in [0.25, 0.3) is 11.8 Å². The number of hydrogen-bond acceptors (Lipinski definition) is 5. The van der Waals surface area contributed by atoms with Gasteiger partial charge in [0.1, 0.15) is 17.2 Å². The Hall–Kier alpha value is -2.98. The van der Waals surface area contributed by atoms with Gasteiger partial charge < -0.3 is 24.6 Å². The molecule has 2 amide bonds. The Kier molecular flexibility index (Phi) is 4.94. The molecule has 2 aromatic rings. The second-order valence-electron chi connectivity index (χ2n) is 8.15. The molecule has 1 aromatic carbocycles. The normalized spacial score (nSPS) is 23.7. The summed E-state index contributed by atoms with van der Waals surface area (Å²) in [4.78, 5) is 39.9. The van der Waals surface area contributed by atoms with Crippen molar-refractivity contribution in [3.05, 3.63) is 62.0 Å². The van der Waals surface area contributed by atoms with Gasteiger partial charge in [-0.15, -0.1) is 0 Å². The Bertz CT molecular complexity index is 1220. The summed E-state index contributed by atoms with van der Waals surface area (Å²) < 4.78 is 34.5. The number of fused-ring (bicyclic) bond motifs is 5. The van der Waals surface area contributed by atoms with Crippen molar-refractivity contribution in [3.8, 4) is 5.75 Å². The quantitative estimate of drug-likeness (QED) is 0.676. The highest BCUT2D eigenvalue weighted by molar-refractivity contribution is 6.30. The van der Waals surface area contributed by atoms with Crippen molar-refractivity contribution < 1.29 is 28.2 Å². The molecule has 3 heterocycles. The zero-order chi connectivity index (χ0) is 22.7. The van der Waals surface area contributed by atoms with E-state index in [2.05, 4.69) is 5.32 Å². The first kappa shape index (κ1) is 20.9. The van der Waals surface area contributed by atoms with E-state index in [0.717, 1.165) is 25.3 Å². The summed E-state index contributed by atoms with van der Waals surface area (Å²) >= 11 is 5.65. The minimum Gasteiger partial charge on any atom is -0.503 e. The minimum absolute atomic E-state index is 0.00472. The van der Waals surface area contributed by atoms with E-state index < -0.39 is 46.4 Å². The van der Waals surface area contributed by atoms with Crippen molar-refractivity contribution >= 4 is 23.4 Å². The first-order valence-electron chi connectivity index (χ1n) is 10.1. The number of benzene rings is 1. The predicted molar refractivity (Wildman–Crippen MR) is 107 cm³/mol. The molecule has 11 heteroatoms. The van der Waals surface area contributed by atoms with E-state index in [-0.39, 0.29) is 41.5 Å². The van der Waals surface area contributed by atoms with Gasteiger partial charge in [-0.25, -0.2) is 8.78 Å². The molecule has 3 aliphatic rings. The van der Waals surface area contributed by atoms with Crippen molar-refractivity contribution in [1.82, 2.24) is 14.8 Å². The van der Waals surface area contributed by atoms with E-state index >= 15 is 0 Å². The van der Waals surface area contributed by atoms with E-state index in [9.17, 15) is 28.3 Å². The number of pyridine rings is 1. The van der Waals surface area contributed by atoms with Crippen LogP contribution in [0.5, 0.6) is 5.75 Å². The second-order valence-corrected chi connectivity index (χ2v) is 8.56. The molecule has 1 aliphatic carbocycles. The van der Waals surface area contributed by atoms with Crippen LogP contribution in [0.4, 0.5) is 8.78 Å². The molecule has 0 radical (unpaired) electrons. The molecule has 1 saturated carbocycles. The van der Waals surface area contributed by atoms with Crippen LogP contribution in [0.25, 0.3) is 0 Å². The Balaban J connectivity index is 1.43. The number of halogens is 3. The number of ether oxygens (including phenoxy) is 1. The number of nitrogens with one attached hydrogen (secondary N) is 1. The fourth-order valence-corrected chi connectivity index (χ4v) is 4.87. The second kappa shape index (κ2) is 7.56. The summed E-state index contributed by atoms with van der Waals surface area (Å²) in [6, 6.07) is 1.62. The van der Waals surface area contributed by atoms with Gasteiger partial charge in [-0.3, -0.25) is 14.4 Å². The summed E-state index contributed by atoms with van der Waals surface area (Å²) in [5.41, 5.74) is -1.70. The zero-order valence-corrected chi connectivity index (χ0v) is 17.4. The monoisotopic (exact) mass is 465 g/mol. The lowest BCUT2D eigenvalue weighted by Gasteiger charge is -2.44. The molecular formula is C21H18ClF2N3O5. The molecule has 8 nitrogen and oxygen atoms in total. The largest absolute Gasteiger partial charge is 0.503 e. The van der Waals surface area contributed by atoms with Crippen LogP contribution >= 0.6 is 11.6 Å². The third-order valence-corrected chi connectivity index (χ3v) is 6.52. The molecule has 2 fully saturated rings. The maximum absolute atomic E-state index is 13.9. The van der Waals surface area contributed by atoms with Crippen LogP contribution in [0.15, 0.2) is 23.1 Å². The lowest BCUT2D eigenvalue weighted by Crippen LogP contribution is -2.57. The van der Waals surface area contributed by atoms with Crippen molar-refractivity contribution in [1.29, 1.82) is 0 Å². The Morgan fingerprint density at radius 3 is 2.81 bits per heavy atom. The van der Waals surface area contributed by atoms with Crippen LogP contribution in [0.1, 0.15) is 45.7 Å². The average Bonchev–Trinajstić information content (AvgIpc) is 3.12. The molecule has 3 atom stereocenters. The first-order chi connectivity index (χ1) is 15.2. The average molecular weight is 466 g/mol. The summed E-state index contributed by atoms with van der Waals surface area (Å²) in [7, 11) is 0. The third-order valence-electron chi connectivity index (χ3n) is 6.23. The molecule has 5 rings (SSSR count). The van der Waals surface area contributed by atoms with E-state index in [1.54, 1.807) is 4.90 Å². The lowest BCUT2D eigenvalue weighted by atomic mass is 10.1. The van der Waals surface area contributed by atoms with Gasteiger partial charge >= 0.3 is 0 Å². The van der Waals surface area contributed by atoms with Gasteiger partial charge in [-0.1, -0.05) is 11.6 Å². The Morgan fingerprint density at radius 2 is 2.03 bits per heavy atom. The molecule has 2 N–H and O–H groups in total. The Morgan fingerprint density at radius 1 is 1.25 bits per heavy atom. The topological polar surface area (TPSA) is 101 Å². The fourth-order valence-electron chi connectivity index (χ4n) is 4.68. The van der Waals surface area contributed by atoms with E-state index in [4.69, 9.17) is 16.3 Å². The highest BCUT2D eigenvalue weighted by atomic mass is 35.5. The number of carbonyl (C=O) groups excluding carboxylic acids is 2. The van der Waals surface area contributed by atoms with Crippen LogP contribution < -0.4 is 10.7 Å². The van der Waals surface area contributed by atoms with Crippen LogP contribution in [-0.4, -0.2) is 44.8 Å². The van der Waals surface area contributed by atoms with Gasteiger partial charge in [-0.05, 0) is 25.3 Å². The molecule has 168 valence electrons. The van der Waals surface area contributed by atoms with Gasteiger partial charge in [-0.2, -0.15) is 0 Å². The molecular weight excluding hydrogens is 448 g/mol. The molecule has 1 saturated heterocycles. The van der Waals surface area contributed by atoms with Crippen LogP contribution in [0.3, 0.4) is 0 Å². The SMILES string of the molecule is O=C(NCc1cc(Cl)c(F)cc1F)c1cn2c(c(O)c1=O)C(=O)N1C3CC[C@@H](C3)O[C@@H]1C2. The van der Waals surface area contributed by atoms with Crippen molar-refractivity contribution in [2.75, 3.05) is 0 Å². The van der Waals surface area contributed by atoms with Gasteiger partial charge in [0, 0.05) is 30.4 Å². The van der Waals surface area contributed by atoms with E-state index in [1.807, 2.05) is 0 Å². The van der Waals surface area contributed by atoms with Crippen LogP contribution in [0, 0.1) is 11.6 Å². The first-order valence-corrected chi connectivity index (χ1v) is 10.5. The van der Waals surface area contributed by atoms with E-state index in [1.165, 1.54) is 10.8 Å². The molecule has 1 unspecified atom stereocenters. The number of nitrogens with zero attached hydrogens (tertiary/aromatic N) is 2. The minimum atomic E-state index is -1.01. The number of carbonyl (C=O) groups is 2. The maximum atomic E-state index is 13.9. The molecule has 2 aliphatic heterocycles. The molecule has 1 aromatic heterocycles. The van der Waals surface area contributed by atoms with Crippen molar-refractivity contribution in [2.45, 2.75) is 50.7 Å². The van der Waals surface area contributed by atoms with Crippen LogP contribution in [-0.2, 0) is 17.8 Å². The zero-order valence-electron chi connectivity index (χ0n) is 16.6. The Labute approximate surface area is 185 Å². The number of aromatic hydroxyl groups is 1. The van der Waals surface area contributed by atoms with Crippen molar-refractivity contribution in [2.24, 2.45) is 0 Å². The lowest BCUT2D eigenvalue weighted by molar-refractivity contribution is -0.132. The summed E-state index contributed by atoms with van der Waals surface area (Å²) in [5.74, 6) is -4.07. The number of rotatable bonds is 3. The van der Waals surface area contributed by atoms with Gasteiger partial charge in [0.05, 0.1) is 17.7 Å².